The lowest BCUT2D eigenvalue weighted by molar-refractivity contribution is 0.277. The van der Waals surface area contributed by atoms with Gasteiger partial charge in [0.2, 0.25) is 5.95 Å². The molecule has 4 nitrogen and oxygen atoms in total. The molecule has 0 aliphatic rings. The van der Waals surface area contributed by atoms with Crippen LogP contribution in [0.15, 0.2) is 47.2 Å². The molecule has 2 N–H and O–H groups in total. The number of hydrogen-bond donors (Lipinski definition) is 2. The molecular weight excluding hydrogens is 306 g/mol. The molecule has 0 radical (unpaired) electrons. The van der Waals surface area contributed by atoms with Gasteiger partial charge in [-0.2, -0.15) is 0 Å². The van der Waals surface area contributed by atoms with E-state index in [1.54, 1.807) is 12.4 Å². The summed E-state index contributed by atoms with van der Waals surface area (Å²) >= 11 is 3.30. The minimum Gasteiger partial charge on any atom is -0.396 e. The maximum absolute atomic E-state index is 9.17. The van der Waals surface area contributed by atoms with Crippen LogP contribution in [0, 0.1) is 0 Å². The first-order valence-electron chi connectivity index (χ1n) is 6.17. The predicted octanol–water partition coefficient (Wildman–Crippen LogP) is 2.82. The van der Waals surface area contributed by atoms with Crippen LogP contribution in [-0.2, 0) is 0 Å². The van der Waals surface area contributed by atoms with Crippen molar-refractivity contribution in [2.45, 2.75) is 12.3 Å². The SMILES string of the molecule is OCCC(CNc1ncc(Br)cn1)c1ccccc1. The summed E-state index contributed by atoms with van der Waals surface area (Å²) in [5, 5.41) is 12.4. The van der Waals surface area contributed by atoms with Gasteiger partial charge in [0.05, 0.1) is 4.47 Å². The van der Waals surface area contributed by atoms with Crippen molar-refractivity contribution in [3.63, 3.8) is 0 Å². The summed E-state index contributed by atoms with van der Waals surface area (Å²) in [6.07, 6.45) is 4.13. The molecule has 1 aromatic carbocycles. The molecule has 0 bridgehead atoms. The standard InChI is InChI=1S/C14H16BrN3O/c15-13-9-17-14(18-10-13)16-8-12(6-7-19)11-4-2-1-3-5-11/h1-5,9-10,12,19H,6-8H2,(H,16,17,18). The Labute approximate surface area is 121 Å². The van der Waals surface area contributed by atoms with Crippen molar-refractivity contribution in [2.75, 3.05) is 18.5 Å². The Morgan fingerprint density at radius 2 is 1.84 bits per heavy atom. The van der Waals surface area contributed by atoms with Gasteiger partial charge in [0.25, 0.3) is 0 Å². The molecule has 0 saturated heterocycles. The molecule has 5 heteroatoms. The van der Waals surface area contributed by atoms with Crippen LogP contribution in [0.1, 0.15) is 17.9 Å². The van der Waals surface area contributed by atoms with Crippen LogP contribution < -0.4 is 5.32 Å². The average Bonchev–Trinajstić information content (AvgIpc) is 2.46. The Balaban J connectivity index is 1.99. The second kappa shape index (κ2) is 7.21. The number of aromatic nitrogens is 2. The highest BCUT2D eigenvalue weighted by Gasteiger charge is 2.11. The monoisotopic (exact) mass is 321 g/mol. The molecule has 0 aliphatic heterocycles. The number of benzene rings is 1. The van der Waals surface area contributed by atoms with Gasteiger partial charge in [-0.1, -0.05) is 30.3 Å². The summed E-state index contributed by atoms with van der Waals surface area (Å²) in [6.45, 7) is 0.870. The third-order valence-corrected chi connectivity index (χ3v) is 3.28. The lowest BCUT2D eigenvalue weighted by Gasteiger charge is -2.17. The summed E-state index contributed by atoms with van der Waals surface area (Å²) in [4.78, 5) is 8.34. The number of rotatable bonds is 6. The van der Waals surface area contributed by atoms with Crippen molar-refractivity contribution in [1.82, 2.24) is 9.97 Å². The van der Waals surface area contributed by atoms with Crippen LogP contribution in [0.5, 0.6) is 0 Å². The molecule has 0 spiro atoms. The van der Waals surface area contributed by atoms with E-state index in [1.807, 2.05) is 18.2 Å². The van der Waals surface area contributed by atoms with Gasteiger partial charge in [0.15, 0.2) is 0 Å². The van der Waals surface area contributed by atoms with Crippen molar-refractivity contribution in [2.24, 2.45) is 0 Å². The second-order valence-corrected chi connectivity index (χ2v) is 5.14. The number of nitrogens with one attached hydrogen (secondary N) is 1. The van der Waals surface area contributed by atoms with E-state index in [4.69, 9.17) is 5.11 Å². The first-order valence-corrected chi connectivity index (χ1v) is 6.96. The molecule has 1 atom stereocenters. The molecule has 2 rings (SSSR count). The maximum atomic E-state index is 9.17. The zero-order valence-corrected chi connectivity index (χ0v) is 12.0. The average molecular weight is 322 g/mol. The summed E-state index contributed by atoms with van der Waals surface area (Å²) in [5.74, 6) is 0.848. The van der Waals surface area contributed by atoms with Crippen LogP contribution in [0.4, 0.5) is 5.95 Å². The zero-order chi connectivity index (χ0) is 13.5. The van der Waals surface area contributed by atoms with Crippen molar-refractivity contribution < 1.29 is 5.11 Å². The Bertz CT molecular complexity index is 490. The lowest BCUT2D eigenvalue weighted by Crippen LogP contribution is -2.15. The lowest BCUT2D eigenvalue weighted by atomic mass is 9.96. The van der Waals surface area contributed by atoms with Gasteiger partial charge < -0.3 is 10.4 Å². The first kappa shape index (κ1) is 14.0. The number of nitrogens with zero attached hydrogens (tertiary/aromatic N) is 2. The largest absolute Gasteiger partial charge is 0.396 e. The Kier molecular flexibility index (Phi) is 5.30. The molecular formula is C14H16BrN3O. The summed E-state index contributed by atoms with van der Waals surface area (Å²) in [5.41, 5.74) is 1.21. The van der Waals surface area contributed by atoms with Gasteiger partial charge in [0, 0.05) is 31.5 Å². The summed E-state index contributed by atoms with van der Waals surface area (Å²) < 4.78 is 0.855. The van der Waals surface area contributed by atoms with E-state index in [0.717, 1.165) is 4.47 Å². The van der Waals surface area contributed by atoms with E-state index in [2.05, 4.69) is 43.3 Å². The van der Waals surface area contributed by atoms with Crippen LogP contribution in [0.3, 0.4) is 0 Å². The molecule has 1 heterocycles. The van der Waals surface area contributed by atoms with Gasteiger partial charge in [0.1, 0.15) is 0 Å². The smallest absolute Gasteiger partial charge is 0.222 e. The molecule has 1 aromatic heterocycles. The van der Waals surface area contributed by atoms with Crippen LogP contribution >= 0.6 is 15.9 Å². The van der Waals surface area contributed by atoms with E-state index in [9.17, 15) is 0 Å². The quantitative estimate of drug-likeness (QED) is 0.859. The van der Waals surface area contributed by atoms with Crippen molar-refractivity contribution in [1.29, 1.82) is 0 Å². The van der Waals surface area contributed by atoms with Gasteiger partial charge in [-0.25, -0.2) is 9.97 Å². The highest BCUT2D eigenvalue weighted by molar-refractivity contribution is 9.10. The number of hydrogen-bond acceptors (Lipinski definition) is 4. The fourth-order valence-electron chi connectivity index (χ4n) is 1.89. The molecule has 0 aliphatic carbocycles. The van der Waals surface area contributed by atoms with Gasteiger partial charge in [-0.3, -0.25) is 0 Å². The molecule has 0 amide bonds. The molecule has 1 unspecified atom stereocenters. The highest BCUT2D eigenvalue weighted by atomic mass is 79.9. The topological polar surface area (TPSA) is 58.0 Å². The minimum atomic E-state index is 0.169. The van der Waals surface area contributed by atoms with E-state index in [0.29, 0.717) is 18.9 Å². The van der Waals surface area contributed by atoms with Crippen molar-refractivity contribution in [3.05, 3.63) is 52.8 Å². The number of aliphatic hydroxyl groups is 1. The second-order valence-electron chi connectivity index (χ2n) is 4.23. The molecule has 100 valence electrons. The van der Waals surface area contributed by atoms with Crippen LogP contribution in [0.25, 0.3) is 0 Å². The fraction of sp³-hybridized carbons (Fsp3) is 0.286. The molecule has 19 heavy (non-hydrogen) atoms. The summed E-state index contributed by atoms with van der Waals surface area (Å²) in [6, 6.07) is 10.2. The van der Waals surface area contributed by atoms with Crippen LogP contribution in [0.2, 0.25) is 0 Å². The van der Waals surface area contributed by atoms with E-state index in [1.165, 1.54) is 5.56 Å². The third-order valence-electron chi connectivity index (χ3n) is 2.88. The first-order chi connectivity index (χ1) is 9.29. The molecule has 2 aromatic rings. The van der Waals surface area contributed by atoms with E-state index in [-0.39, 0.29) is 12.5 Å². The number of aliphatic hydroxyl groups excluding tert-OH is 1. The Morgan fingerprint density at radius 1 is 1.16 bits per heavy atom. The van der Waals surface area contributed by atoms with Gasteiger partial charge >= 0.3 is 0 Å². The zero-order valence-electron chi connectivity index (χ0n) is 10.5. The van der Waals surface area contributed by atoms with Gasteiger partial charge in [-0.15, -0.1) is 0 Å². The van der Waals surface area contributed by atoms with E-state index < -0.39 is 0 Å². The predicted molar refractivity (Wildman–Crippen MR) is 79.1 cm³/mol. The normalized spacial score (nSPS) is 12.1. The highest BCUT2D eigenvalue weighted by Crippen LogP contribution is 2.19. The fourth-order valence-corrected chi connectivity index (χ4v) is 2.09. The minimum absolute atomic E-state index is 0.169. The van der Waals surface area contributed by atoms with E-state index >= 15 is 0 Å². The Morgan fingerprint density at radius 3 is 2.47 bits per heavy atom. The van der Waals surface area contributed by atoms with Gasteiger partial charge in [-0.05, 0) is 27.9 Å². The van der Waals surface area contributed by atoms with Crippen molar-refractivity contribution in [3.8, 4) is 0 Å². The number of anilines is 1. The molecule has 0 saturated carbocycles. The maximum Gasteiger partial charge on any atom is 0.222 e. The van der Waals surface area contributed by atoms with Crippen LogP contribution in [-0.4, -0.2) is 28.2 Å². The molecule has 0 fully saturated rings. The summed E-state index contributed by atoms with van der Waals surface area (Å²) in [7, 11) is 0. The third kappa shape index (κ3) is 4.29. The van der Waals surface area contributed by atoms with Crippen molar-refractivity contribution >= 4 is 21.9 Å². The number of halogens is 1. The Hall–Kier alpha value is -1.46.